The maximum absolute atomic E-state index is 12.5. The van der Waals surface area contributed by atoms with Gasteiger partial charge in [0.05, 0.1) is 6.26 Å². The molecule has 0 saturated carbocycles. The number of hydrogen-bond acceptors (Lipinski definition) is 5. The Morgan fingerprint density at radius 2 is 1.82 bits per heavy atom. The van der Waals surface area contributed by atoms with Gasteiger partial charge >= 0.3 is 5.97 Å². The van der Waals surface area contributed by atoms with Gasteiger partial charge in [0.2, 0.25) is 11.8 Å². The lowest BCUT2D eigenvalue weighted by Gasteiger charge is -2.20. The number of aliphatic carboxylic acids is 1. The van der Waals surface area contributed by atoms with Crippen molar-refractivity contribution in [2.45, 2.75) is 24.9 Å². The van der Waals surface area contributed by atoms with E-state index in [1.165, 1.54) is 18.4 Å². The van der Waals surface area contributed by atoms with Crippen LogP contribution >= 0.6 is 12.6 Å². The molecule has 1 unspecified atom stereocenters. The molecular formula is C20H22N2O5S. The fourth-order valence-electron chi connectivity index (χ4n) is 2.48. The van der Waals surface area contributed by atoms with E-state index >= 15 is 0 Å². The van der Waals surface area contributed by atoms with E-state index in [1.807, 2.05) is 6.07 Å². The van der Waals surface area contributed by atoms with Crippen LogP contribution in [-0.4, -0.2) is 40.7 Å². The molecule has 7 nitrogen and oxygen atoms in total. The molecule has 0 bridgehead atoms. The molecular weight excluding hydrogens is 380 g/mol. The second-order valence-corrected chi connectivity index (χ2v) is 6.46. The molecule has 0 radical (unpaired) electrons. The van der Waals surface area contributed by atoms with Crippen molar-refractivity contribution in [1.29, 1.82) is 0 Å². The van der Waals surface area contributed by atoms with Crippen molar-refractivity contribution in [1.82, 2.24) is 10.6 Å². The van der Waals surface area contributed by atoms with Gasteiger partial charge in [0.15, 0.2) is 0 Å². The number of thiol groups is 1. The Labute approximate surface area is 168 Å². The molecule has 0 aliphatic carbocycles. The Morgan fingerprint density at radius 3 is 2.43 bits per heavy atom. The predicted molar refractivity (Wildman–Crippen MR) is 108 cm³/mol. The largest absolute Gasteiger partial charge is 0.480 e. The zero-order valence-electron chi connectivity index (χ0n) is 15.1. The van der Waals surface area contributed by atoms with Crippen molar-refractivity contribution in [3.8, 4) is 0 Å². The fourth-order valence-corrected chi connectivity index (χ4v) is 2.74. The van der Waals surface area contributed by atoms with Gasteiger partial charge in [-0.05, 0) is 35.9 Å². The van der Waals surface area contributed by atoms with E-state index in [4.69, 9.17) is 4.42 Å². The number of carbonyl (C=O) groups is 3. The molecule has 0 aliphatic rings. The van der Waals surface area contributed by atoms with Crippen molar-refractivity contribution in [3.63, 3.8) is 0 Å². The summed E-state index contributed by atoms with van der Waals surface area (Å²) in [5.74, 6) is -1.37. The fraction of sp³-hybridized carbons (Fsp3) is 0.250. The van der Waals surface area contributed by atoms with E-state index in [0.717, 1.165) is 5.56 Å². The highest BCUT2D eigenvalue weighted by Crippen LogP contribution is 2.06. The van der Waals surface area contributed by atoms with Gasteiger partial charge in [0.25, 0.3) is 0 Å². The van der Waals surface area contributed by atoms with Crippen LogP contribution in [0.5, 0.6) is 0 Å². The van der Waals surface area contributed by atoms with Crippen LogP contribution in [0, 0.1) is 0 Å². The van der Waals surface area contributed by atoms with Gasteiger partial charge in [-0.25, -0.2) is 4.79 Å². The van der Waals surface area contributed by atoms with Crippen LogP contribution < -0.4 is 10.6 Å². The third-order valence-electron chi connectivity index (χ3n) is 3.89. The molecule has 2 aromatic rings. The van der Waals surface area contributed by atoms with Gasteiger partial charge in [-0.15, -0.1) is 0 Å². The molecule has 2 atom stereocenters. The highest BCUT2D eigenvalue weighted by atomic mass is 32.1. The molecule has 2 amide bonds. The molecule has 0 saturated heterocycles. The monoisotopic (exact) mass is 402 g/mol. The minimum Gasteiger partial charge on any atom is -0.480 e. The van der Waals surface area contributed by atoms with Gasteiger partial charge in [0, 0.05) is 12.5 Å². The van der Waals surface area contributed by atoms with Crippen LogP contribution in [0.3, 0.4) is 0 Å². The van der Waals surface area contributed by atoms with Crippen LogP contribution in [0.15, 0.2) is 59.2 Å². The number of amides is 2. The maximum Gasteiger partial charge on any atom is 0.326 e. The summed E-state index contributed by atoms with van der Waals surface area (Å²) in [5, 5.41) is 14.5. The molecule has 0 fully saturated rings. The van der Waals surface area contributed by atoms with Crippen molar-refractivity contribution < 1.29 is 23.9 Å². The average molecular weight is 402 g/mol. The number of benzene rings is 1. The summed E-state index contributed by atoms with van der Waals surface area (Å²) in [7, 11) is 0. The van der Waals surface area contributed by atoms with Crippen LogP contribution in [0.2, 0.25) is 0 Å². The molecule has 148 valence electrons. The Kier molecular flexibility index (Phi) is 8.36. The molecule has 0 spiro atoms. The number of furan rings is 1. The SMILES string of the molecule is O=C(/C=C\c1ccco1)NC(CCS)C(=O)N[C@H](Cc1ccccc1)C(=O)O. The quantitative estimate of drug-likeness (QED) is 0.359. The molecule has 0 aliphatic heterocycles. The molecule has 2 rings (SSSR count). The maximum atomic E-state index is 12.5. The Morgan fingerprint density at radius 1 is 1.07 bits per heavy atom. The summed E-state index contributed by atoms with van der Waals surface area (Å²) in [6.45, 7) is 0. The van der Waals surface area contributed by atoms with Gasteiger partial charge in [-0.3, -0.25) is 9.59 Å². The number of carbonyl (C=O) groups excluding carboxylic acids is 2. The van der Waals surface area contributed by atoms with E-state index < -0.39 is 29.9 Å². The second kappa shape index (κ2) is 11.0. The van der Waals surface area contributed by atoms with Gasteiger partial charge < -0.3 is 20.2 Å². The topological polar surface area (TPSA) is 109 Å². The highest BCUT2D eigenvalue weighted by molar-refractivity contribution is 7.80. The van der Waals surface area contributed by atoms with Crippen LogP contribution in [0.25, 0.3) is 6.08 Å². The molecule has 3 N–H and O–H groups in total. The number of nitrogens with one attached hydrogen (secondary N) is 2. The van der Waals surface area contributed by atoms with Crippen molar-refractivity contribution in [2.24, 2.45) is 0 Å². The lowest BCUT2D eigenvalue weighted by Crippen LogP contribution is -2.52. The zero-order valence-corrected chi connectivity index (χ0v) is 16.0. The third-order valence-corrected chi connectivity index (χ3v) is 4.15. The van der Waals surface area contributed by atoms with E-state index in [1.54, 1.807) is 36.4 Å². The van der Waals surface area contributed by atoms with E-state index in [9.17, 15) is 19.5 Å². The summed E-state index contributed by atoms with van der Waals surface area (Å²) < 4.78 is 5.10. The Hall–Kier alpha value is -3.00. The van der Waals surface area contributed by atoms with Crippen LogP contribution in [-0.2, 0) is 20.8 Å². The molecule has 1 heterocycles. The summed E-state index contributed by atoms with van der Waals surface area (Å²) in [6.07, 6.45) is 4.60. The summed E-state index contributed by atoms with van der Waals surface area (Å²) in [5.41, 5.74) is 0.784. The number of carboxylic acid groups (broad SMARTS) is 1. The number of rotatable bonds is 10. The van der Waals surface area contributed by atoms with Crippen molar-refractivity contribution in [2.75, 3.05) is 5.75 Å². The van der Waals surface area contributed by atoms with E-state index in [0.29, 0.717) is 11.5 Å². The average Bonchev–Trinajstić information content (AvgIpc) is 3.20. The lowest BCUT2D eigenvalue weighted by molar-refractivity contribution is -0.142. The summed E-state index contributed by atoms with van der Waals surface area (Å²) >= 11 is 4.11. The summed E-state index contributed by atoms with van der Waals surface area (Å²) in [6, 6.07) is 10.4. The first kappa shape index (κ1) is 21.3. The van der Waals surface area contributed by atoms with E-state index in [2.05, 4.69) is 23.3 Å². The van der Waals surface area contributed by atoms with Crippen LogP contribution in [0.1, 0.15) is 17.7 Å². The van der Waals surface area contributed by atoms with Crippen molar-refractivity contribution >= 4 is 36.5 Å². The minimum atomic E-state index is -1.15. The standard InChI is InChI=1S/C20H22N2O5S/c23-18(9-8-15-7-4-11-27-15)21-16(10-12-28)19(24)22-17(20(25)26)13-14-5-2-1-3-6-14/h1-9,11,16-17,28H,10,12-13H2,(H,21,23)(H,22,24)(H,25,26)/b9-8-/t16?,17-/m1/s1. The normalized spacial score (nSPS) is 13.0. The van der Waals surface area contributed by atoms with Gasteiger partial charge in [0.1, 0.15) is 17.8 Å². The minimum absolute atomic E-state index is 0.141. The highest BCUT2D eigenvalue weighted by Gasteiger charge is 2.26. The van der Waals surface area contributed by atoms with E-state index in [-0.39, 0.29) is 12.8 Å². The van der Waals surface area contributed by atoms with Gasteiger partial charge in [-0.1, -0.05) is 30.3 Å². The first-order chi connectivity index (χ1) is 13.5. The molecule has 1 aromatic carbocycles. The lowest BCUT2D eigenvalue weighted by atomic mass is 10.1. The molecule has 8 heteroatoms. The smallest absolute Gasteiger partial charge is 0.326 e. The molecule has 28 heavy (non-hydrogen) atoms. The predicted octanol–water partition coefficient (Wildman–Crippen LogP) is 1.91. The van der Waals surface area contributed by atoms with Crippen molar-refractivity contribution in [3.05, 3.63) is 66.1 Å². The van der Waals surface area contributed by atoms with Crippen LogP contribution in [0.4, 0.5) is 0 Å². The van der Waals surface area contributed by atoms with Gasteiger partial charge in [-0.2, -0.15) is 12.6 Å². The summed E-state index contributed by atoms with van der Waals surface area (Å²) in [4.78, 5) is 36.2. The first-order valence-electron chi connectivity index (χ1n) is 8.69. The second-order valence-electron chi connectivity index (χ2n) is 6.01. The number of carboxylic acids is 1. The third kappa shape index (κ3) is 6.96. The Balaban J connectivity index is 1.99. The molecule has 1 aromatic heterocycles. The Bertz CT molecular complexity index is 805. The number of hydrogen-bond donors (Lipinski definition) is 4. The zero-order chi connectivity index (χ0) is 20.4. The first-order valence-corrected chi connectivity index (χ1v) is 9.33.